The van der Waals surface area contributed by atoms with Gasteiger partial charge in [-0.1, -0.05) is 5.16 Å². The highest BCUT2D eigenvalue weighted by atomic mass is 16.5. The van der Waals surface area contributed by atoms with E-state index < -0.39 is 0 Å². The van der Waals surface area contributed by atoms with Crippen LogP contribution in [0.1, 0.15) is 17.8 Å². The van der Waals surface area contributed by atoms with Gasteiger partial charge in [0.15, 0.2) is 5.82 Å². The summed E-state index contributed by atoms with van der Waals surface area (Å²) in [5.41, 5.74) is 8.44. The number of nitrogens with two attached hydrogens (primary N) is 1. The molecule has 0 aliphatic carbocycles. The van der Waals surface area contributed by atoms with Crippen molar-refractivity contribution < 1.29 is 9.26 Å². The Morgan fingerprint density at radius 1 is 1.39 bits per heavy atom. The van der Waals surface area contributed by atoms with Crippen LogP contribution in [0.4, 0.5) is 5.69 Å². The minimum atomic E-state index is 0.533. The molecule has 1 aromatic heterocycles. The molecule has 0 bridgehead atoms. The zero-order valence-electron chi connectivity index (χ0n) is 10.6. The molecule has 2 rings (SSSR count). The van der Waals surface area contributed by atoms with Crippen LogP contribution in [0.3, 0.4) is 0 Å². The van der Waals surface area contributed by atoms with Crippen molar-refractivity contribution in [3.05, 3.63) is 29.6 Å². The summed E-state index contributed by atoms with van der Waals surface area (Å²) in [4.78, 5) is 4.35. The Morgan fingerprint density at radius 2 is 2.22 bits per heavy atom. The Morgan fingerprint density at radius 3 is 2.94 bits per heavy atom. The fraction of sp³-hybridized carbons (Fsp3) is 0.385. The molecular weight excluding hydrogens is 230 g/mol. The molecule has 5 nitrogen and oxygen atoms in total. The monoisotopic (exact) mass is 247 g/mol. The fourth-order valence-corrected chi connectivity index (χ4v) is 1.66. The van der Waals surface area contributed by atoms with Crippen molar-refractivity contribution in [1.29, 1.82) is 0 Å². The first-order valence-corrected chi connectivity index (χ1v) is 5.88. The van der Waals surface area contributed by atoms with Crippen LogP contribution >= 0.6 is 0 Å². The number of aryl methyl sites for hydroxylation is 2. The topological polar surface area (TPSA) is 74.2 Å². The summed E-state index contributed by atoms with van der Waals surface area (Å²) >= 11 is 0. The molecule has 0 amide bonds. The van der Waals surface area contributed by atoms with Gasteiger partial charge >= 0.3 is 0 Å². The fourth-order valence-electron chi connectivity index (χ4n) is 1.66. The summed E-state index contributed by atoms with van der Waals surface area (Å²) in [6, 6.07) is 5.68. The van der Waals surface area contributed by atoms with Gasteiger partial charge in [0.2, 0.25) is 0 Å². The molecule has 18 heavy (non-hydrogen) atoms. The molecule has 5 heteroatoms. The first kappa shape index (κ1) is 12.6. The average Bonchev–Trinajstić information content (AvgIpc) is 2.82. The highest BCUT2D eigenvalue weighted by Gasteiger charge is 2.09. The largest absolute Gasteiger partial charge is 0.399 e. The normalized spacial score (nSPS) is 10.8. The molecule has 1 aromatic carbocycles. The second-order valence-corrected chi connectivity index (χ2v) is 4.18. The van der Waals surface area contributed by atoms with Gasteiger partial charge in [-0.3, -0.25) is 0 Å². The summed E-state index contributed by atoms with van der Waals surface area (Å²) in [5, 5.41) is 3.94. The lowest BCUT2D eigenvalue weighted by Gasteiger charge is -2.00. The minimum Gasteiger partial charge on any atom is -0.399 e. The maximum Gasteiger partial charge on any atom is 0.257 e. The number of ether oxygens (including phenoxy) is 1. The van der Waals surface area contributed by atoms with Crippen molar-refractivity contribution in [2.45, 2.75) is 19.8 Å². The van der Waals surface area contributed by atoms with E-state index in [1.807, 2.05) is 25.1 Å². The molecule has 0 aliphatic heterocycles. The quantitative estimate of drug-likeness (QED) is 0.647. The van der Waals surface area contributed by atoms with E-state index in [-0.39, 0.29) is 0 Å². The lowest BCUT2D eigenvalue weighted by Crippen LogP contribution is -1.94. The molecule has 0 fully saturated rings. The zero-order valence-corrected chi connectivity index (χ0v) is 10.6. The van der Waals surface area contributed by atoms with Gasteiger partial charge < -0.3 is 15.0 Å². The van der Waals surface area contributed by atoms with E-state index in [9.17, 15) is 0 Å². The third-order valence-electron chi connectivity index (χ3n) is 2.73. The number of benzene rings is 1. The molecular formula is C13H17N3O2. The van der Waals surface area contributed by atoms with Crippen molar-refractivity contribution >= 4 is 5.69 Å². The molecule has 2 aromatic rings. The summed E-state index contributed by atoms with van der Waals surface area (Å²) in [6.07, 6.45) is 1.64. The van der Waals surface area contributed by atoms with Crippen molar-refractivity contribution in [3.8, 4) is 11.5 Å². The zero-order chi connectivity index (χ0) is 13.0. The summed E-state index contributed by atoms with van der Waals surface area (Å²) in [5.74, 6) is 1.24. The van der Waals surface area contributed by atoms with E-state index in [1.165, 1.54) is 0 Å². The first-order valence-electron chi connectivity index (χ1n) is 5.88. The number of aromatic nitrogens is 2. The van der Waals surface area contributed by atoms with Crippen molar-refractivity contribution in [1.82, 2.24) is 10.1 Å². The van der Waals surface area contributed by atoms with Gasteiger partial charge in [-0.05, 0) is 37.1 Å². The highest BCUT2D eigenvalue weighted by molar-refractivity contribution is 5.60. The summed E-state index contributed by atoms with van der Waals surface area (Å²) in [6.45, 7) is 2.65. The maximum atomic E-state index is 5.77. The third kappa shape index (κ3) is 2.87. The highest BCUT2D eigenvalue weighted by Crippen LogP contribution is 2.21. The van der Waals surface area contributed by atoms with Gasteiger partial charge in [-0.2, -0.15) is 4.98 Å². The second-order valence-electron chi connectivity index (χ2n) is 4.18. The number of nitrogens with zero attached hydrogens (tertiary/aromatic N) is 2. The number of methoxy groups -OCH3 is 1. The van der Waals surface area contributed by atoms with Crippen LogP contribution in [0, 0.1) is 6.92 Å². The van der Waals surface area contributed by atoms with Crippen LogP contribution in [0.5, 0.6) is 0 Å². The Hall–Kier alpha value is -1.88. The van der Waals surface area contributed by atoms with E-state index in [4.69, 9.17) is 15.0 Å². The molecule has 0 radical (unpaired) electrons. The standard InChI is InChI=1S/C13H17N3O2/c1-9-8-10(5-6-11(9)14)13-15-12(16-18-13)4-3-7-17-2/h5-6,8H,3-4,7,14H2,1-2H3. The second kappa shape index (κ2) is 5.64. The van der Waals surface area contributed by atoms with Gasteiger partial charge in [0.05, 0.1) is 0 Å². The smallest absolute Gasteiger partial charge is 0.257 e. The lowest BCUT2D eigenvalue weighted by molar-refractivity contribution is 0.194. The van der Waals surface area contributed by atoms with Gasteiger partial charge in [0, 0.05) is 31.4 Å². The van der Waals surface area contributed by atoms with Crippen LogP contribution in [-0.2, 0) is 11.2 Å². The molecule has 2 N–H and O–H groups in total. The molecule has 1 heterocycles. The predicted octanol–water partition coefficient (Wildman–Crippen LogP) is 2.21. The molecule has 0 saturated heterocycles. The van der Waals surface area contributed by atoms with Gasteiger partial charge in [-0.25, -0.2) is 0 Å². The van der Waals surface area contributed by atoms with Crippen LogP contribution in [-0.4, -0.2) is 23.9 Å². The molecule has 96 valence electrons. The van der Waals surface area contributed by atoms with E-state index in [2.05, 4.69) is 10.1 Å². The number of nitrogen functional groups attached to an aromatic ring is 1. The van der Waals surface area contributed by atoms with E-state index in [1.54, 1.807) is 7.11 Å². The van der Waals surface area contributed by atoms with Gasteiger partial charge in [0.1, 0.15) is 0 Å². The van der Waals surface area contributed by atoms with Crippen LogP contribution in [0.15, 0.2) is 22.7 Å². The van der Waals surface area contributed by atoms with Gasteiger partial charge in [-0.15, -0.1) is 0 Å². The Labute approximate surface area is 106 Å². The third-order valence-corrected chi connectivity index (χ3v) is 2.73. The Balaban J connectivity index is 2.11. The minimum absolute atomic E-state index is 0.533. The summed E-state index contributed by atoms with van der Waals surface area (Å²) < 4.78 is 10.2. The molecule has 0 saturated carbocycles. The number of hydrogen-bond acceptors (Lipinski definition) is 5. The first-order chi connectivity index (χ1) is 8.70. The number of rotatable bonds is 5. The Bertz CT molecular complexity index is 523. The van der Waals surface area contributed by atoms with E-state index >= 15 is 0 Å². The maximum absolute atomic E-state index is 5.77. The van der Waals surface area contributed by atoms with Crippen LogP contribution < -0.4 is 5.73 Å². The average molecular weight is 247 g/mol. The summed E-state index contributed by atoms with van der Waals surface area (Å²) in [7, 11) is 1.68. The molecule has 0 atom stereocenters. The Kier molecular flexibility index (Phi) is 3.94. The number of anilines is 1. The van der Waals surface area contributed by atoms with Gasteiger partial charge in [0.25, 0.3) is 5.89 Å². The van der Waals surface area contributed by atoms with Crippen LogP contribution in [0.2, 0.25) is 0 Å². The van der Waals surface area contributed by atoms with E-state index in [0.29, 0.717) is 18.3 Å². The van der Waals surface area contributed by atoms with Crippen molar-refractivity contribution in [3.63, 3.8) is 0 Å². The number of hydrogen-bond donors (Lipinski definition) is 1. The predicted molar refractivity (Wildman–Crippen MR) is 69.1 cm³/mol. The lowest BCUT2D eigenvalue weighted by atomic mass is 10.1. The van der Waals surface area contributed by atoms with Crippen molar-refractivity contribution in [2.75, 3.05) is 19.5 Å². The van der Waals surface area contributed by atoms with E-state index in [0.717, 1.165) is 29.7 Å². The van der Waals surface area contributed by atoms with Crippen molar-refractivity contribution in [2.24, 2.45) is 0 Å². The molecule has 0 unspecified atom stereocenters. The molecule has 0 spiro atoms. The van der Waals surface area contributed by atoms with Crippen LogP contribution in [0.25, 0.3) is 11.5 Å². The molecule has 0 aliphatic rings. The SMILES string of the molecule is COCCCc1noc(-c2ccc(N)c(C)c2)n1.